The molecule has 0 aliphatic carbocycles. The molecule has 1 fully saturated rings. The summed E-state index contributed by atoms with van der Waals surface area (Å²) >= 11 is 1.57. The minimum absolute atomic E-state index is 0.0476. The van der Waals surface area contributed by atoms with Crippen molar-refractivity contribution in [2.24, 2.45) is 7.05 Å². The number of hydrogen-bond acceptors (Lipinski definition) is 7. The van der Waals surface area contributed by atoms with Crippen LogP contribution in [0.25, 0.3) is 10.8 Å². The lowest BCUT2D eigenvalue weighted by Crippen LogP contribution is -2.44. The minimum Gasteiger partial charge on any atom is -0.349 e. The van der Waals surface area contributed by atoms with Gasteiger partial charge in [0.05, 0.1) is 17.5 Å². The van der Waals surface area contributed by atoms with E-state index >= 15 is 0 Å². The number of aromatic nitrogens is 5. The predicted molar refractivity (Wildman–Crippen MR) is 102 cm³/mol. The molecule has 8 nitrogen and oxygen atoms in total. The molecule has 0 saturated carbocycles. The molecule has 0 aromatic carbocycles. The molecule has 4 rings (SSSR count). The van der Waals surface area contributed by atoms with Crippen LogP contribution in [0.2, 0.25) is 0 Å². The smallest absolute Gasteiger partial charge is 0.254 e. The fourth-order valence-corrected chi connectivity index (χ4v) is 3.92. The van der Waals surface area contributed by atoms with E-state index in [1.807, 2.05) is 7.05 Å². The lowest BCUT2D eigenvalue weighted by molar-refractivity contribution is 0.0908. The molecule has 0 radical (unpaired) electrons. The van der Waals surface area contributed by atoms with E-state index < -0.39 is 0 Å². The van der Waals surface area contributed by atoms with Crippen molar-refractivity contribution in [2.45, 2.75) is 25.4 Å². The van der Waals surface area contributed by atoms with Crippen LogP contribution in [-0.2, 0) is 13.6 Å². The fraction of sp³-hybridized carbons (Fsp3) is 0.389. The van der Waals surface area contributed by atoms with Gasteiger partial charge in [0, 0.05) is 56.7 Å². The summed E-state index contributed by atoms with van der Waals surface area (Å²) in [5, 5.41) is 10.1. The van der Waals surface area contributed by atoms with E-state index in [-0.39, 0.29) is 11.9 Å². The second-order valence-electron chi connectivity index (χ2n) is 6.64. The third-order valence-electron chi connectivity index (χ3n) is 4.58. The van der Waals surface area contributed by atoms with Crippen LogP contribution in [0.4, 0.5) is 0 Å². The minimum atomic E-state index is -0.0476. The van der Waals surface area contributed by atoms with Crippen LogP contribution in [0.5, 0.6) is 0 Å². The molecule has 0 unspecified atom stereocenters. The Morgan fingerprint density at radius 1 is 1.30 bits per heavy atom. The van der Waals surface area contributed by atoms with E-state index in [0.29, 0.717) is 11.4 Å². The van der Waals surface area contributed by atoms with Crippen LogP contribution in [0.1, 0.15) is 28.9 Å². The van der Waals surface area contributed by atoms with Crippen molar-refractivity contribution in [1.82, 2.24) is 34.9 Å². The number of hydrogen-bond donors (Lipinski definition) is 1. The molecule has 4 heterocycles. The predicted octanol–water partition coefficient (Wildman–Crippen LogP) is 1.73. The molecule has 9 heteroatoms. The Balaban J connectivity index is 1.27. The summed E-state index contributed by atoms with van der Waals surface area (Å²) in [7, 11) is 1.81. The molecule has 0 atom stereocenters. The Bertz CT molecular complexity index is 899. The molecule has 1 N–H and O–H groups in total. The van der Waals surface area contributed by atoms with Gasteiger partial charge in [-0.25, -0.2) is 15.0 Å². The summed E-state index contributed by atoms with van der Waals surface area (Å²) in [6.07, 6.45) is 8.67. The summed E-state index contributed by atoms with van der Waals surface area (Å²) in [6, 6.07) is 2.01. The van der Waals surface area contributed by atoms with E-state index in [4.69, 9.17) is 0 Å². The number of aryl methyl sites for hydroxylation is 1. The van der Waals surface area contributed by atoms with Gasteiger partial charge in [-0.2, -0.15) is 5.10 Å². The zero-order chi connectivity index (χ0) is 18.6. The van der Waals surface area contributed by atoms with Gasteiger partial charge in [-0.05, 0) is 18.9 Å². The molecule has 3 aromatic heterocycles. The number of likely N-dealkylation sites (tertiary alicyclic amines) is 1. The van der Waals surface area contributed by atoms with E-state index in [9.17, 15) is 4.79 Å². The van der Waals surface area contributed by atoms with Gasteiger partial charge in [-0.15, -0.1) is 11.3 Å². The van der Waals surface area contributed by atoms with Crippen LogP contribution < -0.4 is 5.32 Å². The number of amides is 1. The Hall–Kier alpha value is -2.65. The number of piperidine rings is 1. The second kappa shape index (κ2) is 7.93. The monoisotopic (exact) mass is 383 g/mol. The highest BCUT2D eigenvalue weighted by Gasteiger charge is 2.22. The lowest BCUT2D eigenvalue weighted by atomic mass is 10.0. The van der Waals surface area contributed by atoms with Gasteiger partial charge in [0.25, 0.3) is 5.91 Å². The first-order chi connectivity index (χ1) is 13.2. The topological polar surface area (TPSA) is 88.8 Å². The summed E-state index contributed by atoms with van der Waals surface area (Å²) in [5.74, 6) is 0.624. The maximum Gasteiger partial charge on any atom is 0.254 e. The zero-order valence-electron chi connectivity index (χ0n) is 15.1. The Kier molecular flexibility index (Phi) is 5.21. The number of rotatable bonds is 5. The standard InChI is InChI=1S/C18H21N7OS/c1-24-10-13(9-21-24)17(26)22-14-3-7-25(8-4-14)11-15-12-27-18(23-15)16-19-5-2-6-20-16/h2,5-6,9-10,12,14H,3-4,7-8,11H2,1H3,(H,22,26). The van der Waals surface area contributed by atoms with Gasteiger partial charge < -0.3 is 5.32 Å². The first-order valence-electron chi connectivity index (χ1n) is 8.91. The second-order valence-corrected chi connectivity index (χ2v) is 7.50. The van der Waals surface area contributed by atoms with Gasteiger partial charge in [-0.1, -0.05) is 0 Å². The zero-order valence-corrected chi connectivity index (χ0v) is 15.9. The average Bonchev–Trinajstić information content (AvgIpc) is 3.33. The molecule has 1 saturated heterocycles. The SMILES string of the molecule is Cn1cc(C(=O)NC2CCN(Cc3csc(-c4ncccn4)n3)CC2)cn1. The summed E-state index contributed by atoms with van der Waals surface area (Å²) in [5.41, 5.74) is 1.65. The third-order valence-corrected chi connectivity index (χ3v) is 5.47. The largest absolute Gasteiger partial charge is 0.349 e. The van der Waals surface area contributed by atoms with Crippen molar-refractivity contribution in [2.75, 3.05) is 13.1 Å². The van der Waals surface area contributed by atoms with E-state index in [1.165, 1.54) is 0 Å². The van der Waals surface area contributed by atoms with Gasteiger partial charge in [0.1, 0.15) is 0 Å². The highest BCUT2D eigenvalue weighted by molar-refractivity contribution is 7.13. The number of carbonyl (C=O) groups excluding carboxylic acids is 1. The van der Waals surface area contributed by atoms with Gasteiger partial charge in [0.15, 0.2) is 10.8 Å². The van der Waals surface area contributed by atoms with Crippen molar-refractivity contribution in [3.05, 3.63) is 47.5 Å². The lowest BCUT2D eigenvalue weighted by Gasteiger charge is -2.31. The molecule has 140 valence electrons. The first kappa shape index (κ1) is 17.7. The first-order valence-corrected chi connectivity index (χ1v) is 9.79. The Labute approximate surface area is 161 Å². The van der Waals surface area contributed by atoms with Crippen LogP contribution in [0, 0.1) is 0 Å². The summed E-state index contributed by atoms with van der Waals surface area (Å²) in [4.78, 5) is 27.8. The summed E-state index contributed by atoms with van der Waals surface area (Å²) in [6.45, 7) is 2.69. The van der Waals surface area contributed by atoms with Crippen molar-refractivity contribution < 1.29 is 4.79 Å². The third kappa shape index (κ3) is 4.37. The van der Waals surface area contributed by atoms with Crippen molar-refractivity contribution in [3.8, 4) is 10.8 Å². The van der Waals surface area contributed by atoms with Crippen LogP contribution >= 0.6 is 11.3 Å². The van der Waals surface area contributed by atoms with Gasteiger partial charge >= 0.3 is 0 Å². The van der Waals surface area contributed by atoms with E-state index in [1.54, 1.807) is 46.9 Å². The normalized spacial score (nSPS) is 15.7. The number of nitrogens with one attached hydrogen (secondary N) is 1. The average molecular weight is 383 g/mol. The molecular weight excluding hydrogens is 362 g/mol. The van der Waals surface area contributed by atoms with Crippen molar-refractivity contribution in [1.29, 1.82) is 0 Å². The number of thiazole rings is 1. The van der Waals surface area contributed by atoms with Crippen molar-refractivity contribution >= 4 is 17.2 Å². The molecular formula is C18H21N7OS. The Morgan fingerprint density at radius 3 is 2.78 bits per heavy atom. The quantitative estimate of drug-likeness (QED) is 0.722. The molecule has 27 heavy (non-hydrogen) atoms. The van der Waals surface area contributed by atoms with Crippen LogP contribution in [0.3, 0.4) is 0 Å². The molecule has 1 aliphatic heterocycles. The van der Waals surface area contributed by atoms with Gasteiger partial charge in [0.2, 0.25) is 0 Å². The van der Waals surface area contributed by atoms with E-state index in [2.05, 4.69) is 35.6 Å². The maximum absolute atomic E-state index is 12.2. The van der Waals surface area contributed by atoms with Crippen LogP contribution in [0.15, 0.2) is 36.2 Å². The van der Waals surface area contributed by atoms with Gasteiger partial charge in [-0.3, -0.25) is 14.4 Å². The number of nitrogens with zero attached hydrogens (tertiary/aromatic N) is 6. The fourth-order valence-electron chi connectivity index (χ4n) is 3.16. The Morgan fingerprint density at radius 2 is 2.07 bits per heavy atom. The number of carbonyl (C=O) groups is 1. The van der Waals surface area contributed by atoms with E-state index in [0.717, 1.165) is 43.2 Å². The molecule has 3 aromatic rings. The molecule has 0 bridgehead atoms. The maximum atomic E-state index is 12.2. The highest BCUT2D eigenvalue weighted by Crippen LogP contribution is 2.21. The van der Waals surface area contributed by atoms with Crippen molar-refractivity contribution in [3.63, 3.8) is 0 Å². The molecule has 0 spiro atoms. The summed E-state index contributed by atoms with van der Waals surface area (Å²) < 4.78 is 1.64. The molecule has 1 aliphatic rings. The highest BCUT2D eigenvalue weighted by atomic mass is 32.1. The molecule has 1 amide bonds. The van der Waals surface area contributed by atoms with Crippen LogP contribution in [-0.4, -0.2) is 54.7 Å².